The van der Waals surface area contributed by atoms with Crippen LogP contribution in [-0.4, -0.2) is 70.7 Å². The number of hydrogen-bond acceptors (Lipinski definition) is 4. The first kappa shape index (κ1) is 23.0. The molecule has 0 atom stereocenters. The summed E-state index contributed by atoms with van der Waals surface area (Å²) >= 11 is 6.07. The summed E-state index contributed by atoms with van der Waals surface area (Å²) in [5.74, 6) is 0.0914. The number of hydrogen-bond donors (Lipinski definition) is 1. The molecule has 33 heavy (non-hydrogen) atoms. The quantitative estimate of drug-likeness (QED) is 0.582. The normalized spacial score (nSPS) is 14.3. The van der Waals surface area contributed by atoms with E-state index >= 15 is 0 Å². The van der Waals surface area contributed by atoms with Gasteiger partial charge in [-0.1, -0.05) is 41.9 Å². The summed E-state index contributed by atoms with van der Waals surface area (Å²) in [4.78, 5) is 28.9. The van der Waals surface area contributed by atoms with E-state index in [2.05, 4.69) is 10.2 Å². The van der Waals surface area contributed by atoms with Gasteiger partial charge in [0.1, 0.15) is 0 Å². The maximum atomic E-state index is 13.2. The van der Waals surface area contributed by atoms with Gasteiger partial charge in [-0.3, -0.25) is 14.5 Å². The molecule has 2 amide bonds. The summed E-state index contributed by atoms with van der Waals surface area (Å²) < 4.78 is 1.82. The number of amides is 2. The van der Waals surface area contributed by atoms with Crippen LogP contribution < -0.4 is 5.32 Å². The number of carbonyl (C=O) groups is 2. The van der Waals surface area contributed by atoms with Gasteiger partial charge in [0.05, 0.1) is 24.3 Å². The SMILES string of the molecule is CCNC(=O)CN1CCN(C(=O)Cc2cn(-c3ccccc3)nc2-c2ccc(Cl)cc2)CC1. The van der Waals surface area contributed by atoms with Gasteiger partial charge in [-0.25, -0.2) is 4.68 Å². The Labute approximate surface area is 198 Å². The standard InChI is InChI=1S/C25H28ClN5O2/c1-2-27-23(32)18-29-12-14-30(15-13-29)24(33)16-20-17-31(22-6-4-3-5-7-22)28-25(20)19-8-10-21(26)11-9-19/h3-11,17H,2,12-16,18H2,1H3,(H,27,32). The molecule has 0 aliphatic carbocycles. The van der Waals surface area contributed by atoms with Crippen LogP contribution in [0.2, 0.25) is 5.02 Å². The Bertz CT molecular complexity index is 1090. The van der Waals surface area contributed by atoms with Crippen molar-refractivity contribution in [2.24, 2.45) is 0 Å². The second-order valence-electron chi connectivity index (χ2n) is 8.08. The molecule has 2 aromatic carbocycles. The lowest BCUT2D eigenvalue weighted by atomic mass is 10.1. The van der Waals surface area contributed by atoms with Gasteiger partial charge in [-0.05, 0) is 31.2 Å². The molecule has 7 nitrogen and oxygen atoms in total. The predicted molar refractivity (Wildman–Crippen MR) is 129 cm³/mol. The van der Waals surface area contributed by atoms with Crippen molar-refractivity contribution in [1.29, 1.82) is 0 Å². The van der Waals surface area contributed by atoms with Crippen molar-refractivity contribution < 1.29 is 9.59 Å². The molecule has 1 aliphatic rings. The molecule has 0 spiro atoms. The van der Waals surface area contributed by atoms with E-state index in [0.29, 0.717) is 44.3 Å². The molecule has 2 heterocycles. The Balaban J connectivity index is 1.49. The van der Waals surface area contributed by atoms with Gasteiger partial charge in [0.2, 0.25) is 11.8 Å². The summed E-state index contributed by atoms with van der Waals surface area (Å²) in [7, 11) is 0. The molecule has 0 unspecified atom stereocenters. The van der Waals surface area contributed by atoms with Crippen LogP contribution in [0.1, 0.15) is 12.5 Å². The second kappa shape index (κ2) is 10.6. The van der Waals surface area contributed by atoms with Gasteiger partial charge in [0, 0.05) is 55.1 Å². The van der Waals surface area contributed by atoms with Gasteiger partial charge >= 0.3 is 0 Å². The Hall–Kier alpha value is -3.16. The van der Waals surface area contributed by atoms with Crippen molar-refractivity contribution in [3.05, 3.63) is 71.4 Å². The molecule has 1 N–H and O–H groups in total. The van der Waals surface area contributed by atoms with Crippen LogP contribution in [0, 0.1) is 0 Å². The van der Waals surface area contributed by atoms with E-state index in [4.69, 9.17) is 16.7 Å². The lowest BCUT2D eigenvalue weighted by Crippen LogP contribution is -2.51. The summed E-state index contributed by atoms with van der Waals surface area (Å²) in [6.45, 7) is 5.52. The summed E-state index contributed by atoms with van der Waals surface area (Å²) in [6.07, 6.45) is 2.20. The zero-order valence-electron chi connectivity index (χ0n) is 18.7. The van der Waals surface area contributed by atoms with Gasteiger partial charge in [-0.15, -0.1) is 0 Å². The van der Waals surface area contributed by atoms with Crippen LogP contribution in [0.3, 0.4) is 0 Å². The van der Waals surface area contributed by atoms with Crippen LogP contribution in [0.15, 0.2) is 60.8 Å². The molecule has 0 radical (unpaired) electrons. The maximum absolute atomic E-state index is 13.2. The smallest absolute Gasteiger partial charge is 0.234 e. The summed E-state index contributed by atoms with van der Waals surface area (Å²) in [5, 5.41) is 8.27. The van der Waals surface area contributed by atoms with Crippen molar-refractivity contribution in [1.82, 2.24) is 24.9 Å². The van der Waals surface area contributed by atoms with E-state index in [1.54, 1.807) is 0 Å². The number of nitrogens with zero attached hydrogens (tertiary/aromatic N) is 4. The molecule has 0 bridgehead atoms. The molecular weight excluding hydrogens is 438 g/mol. The monoisotopic (exact) mass is 465 g/mol. The fraction of sp³-hybridized carbons (Fsp3) is 0.320. The largest absolute Gasteiger partial charge is 0.355 e. The minimum Gasteiger partial charge on any atom is -0.355 e. The zero-order chi connectivity index (χ0) is 23.2. The Kier molecular flexibility index (Phi) is 7.42. The van der Waals surface area contributed by atoms with Crippen LogP contribution in [0.4, 0.5) is 0 Å². The first-order valence-corrected chi connectivity index (χ1v) is 11.6. The maximum Gasteiger partial charge on any atom is 0.234 e. The first-order valence-electron chi connectivity index (χ1n) is 11.2. The lowest BCUT2D eigenvalue weighted by molar-refractivity contribution is -0.132. The Morgan fingerprint density at radius 3 is 2.36 bits per heavy atom. The van der Waals surface area contributed by atoms with Crippen molar-refractivity contribution in [2.75, 3.05) is 39.3 Å². The average Bonchev–Trinajstić information content (AvgIpc) is 3.24. The fourth-order valence-corrected chi connectivity index (χ4v) is 4.12. The Morgan fingerprint density at radius 2 is 1.70 bits per heavy atom. The Morgan fingerprint density at radius 1 is 1.00 bits per heavy atom. The number of halogens is 1. The molecule has 4 rings (SSSR count). The number of piperazine rings is 1. The second-order valence-corrected chi connectivity index (χ2v) is 8.51. The van der Waals surface area contributed by atoms with Crippen molar-refractivity contribution in [3.8, 4) is 16.9 Å². The predicted octanol–water partition coefficient (Wildman–Crippen LogP) is 3.02. The number of nitrogens with one attached hydrogen (secondary N) is 1. The molecular formula is C25H28ClN5O2. The third-order valence-corrected chi connectivity index (χ3v) is 5.99. The van der Waals surface area contributed by atoms with Gasteiger partial charge in [-0.2, -0.15) is 5.10 Å². The number of benzene rings is 2. The van der Waals surface area contributed by atoms with E-state index in [-0.39, 0.29) is 18.2 Å². The highest BCUT2D eigenvalue weighted by Crippen LogP contribution is 2.26. The van der Waals surface area contributed by atoms with Crippen molar-refractivity contribution in [2.45, 2.75) is 13.3 Å². The molecule has 1 aliphatic heterocycles. The molecule has 0 saturated carbocycles. The lowest BCUT2D eigenvalue weighted by Gasteiger charge is -2.34. The highest BCUT2D eigenvalue weighted by atomic mass is 35.5. The van der Waals surface area contributed by atoms with E-state index in [1.807, 2.05) is 77.3 Å². The number of carbonyl (C=O) groups excluding carboxylic acids is 2. The molecule has 3 aromatic rings. The van der Waals surface area contributed by atoms with E-state index < -0.39 is 0 Å². The van der Waals surface area contributed by atoms with Crippen LogP contribution in [0.5, 0.6) is 0 Å². The van der Waals surface area contributed by atoms with Crippen LogP contribution >= 0.6 is 11.6 Å². The van der Waals surface area contributed by atoms with E-state index in [9.17, 15) is 9.59 Å². The van der Waals surface area contributed by atoms with Crippen LogP contribution in [0.25, 0.3) is 16.9 Å². The highest BCUT2D eigenvalue weighted by molar-refractivity contribution is 6.30. The zero-order valence-corrected chi connectivity index (χ0v) is 19.5. The highest BCUT2D eigenvalue weighted by Gasteiger charge is 2.24. The number of aromatic nitrogens is 2. The summed E-state index contributed by atoms with van der Waals surface area (Å²) in [5.41, 5.74) is 3.50. The minimum atomic E-state index is 0.0261. The average molecular weight is 466 g/mol. The topological polar surface area (TPSA) is 70.5 Å². The van der Waals surface area contributed by atoms with Crippen molar-refractivity contribution in [3.63, 3.8) is 0 Å². The van der Waals surface area contributed by atoms with Crippen molar-refractivity contribution >= 4 is 23.4 Å². The number of likely N-dealkylation sites (N-methyl/N-ethyl adjacent to an activating group) is 1. The van der Waals surface area contributed by atoms with E-state index in [0.717, 1.165) is 22.5 Å². The van der Waals surface area contributed by atoms with Gasteiger partial charge in [0.25, 0.3) is 0 Å². The number of para-hydroxylation sites is 1. The minimum absolute atomic E-state index is 0.0261. The van der Waals surface area contributed by atoms with Gasteiger partial charge in [0.15, 0.2) is 0 Å². The van der Waals surface area contributed by atoms with Crippen LogP contribution in [-0.2, 0) is 16.0 Å². The molecule has 172 valence electrons. The summed E-state index contributed by atoms with van der Waals surface area (Å²) in [6, 6.07) is 17.4. The molecule has 1 saturated heterocycles. The number of rotatable bonds is 7. The fourth-order valence-electron chi connectivity index (χ4n) is 3.99. The third-order valence-electron chi connectivity index (χ3n) is 5.74. The molecule has 8 heteroatoms. The molecule has 1 aromatic heterocycles. The van der Waals surface area contributed by atoms with Gasteiger partial charge < -0.3 is 10.2 Å². The first-order chi connectivity index (χ1) is 16.0. The third kappa shape index (κ3) is 5.80. The molecule has 1 fully saturated rings. The van der Waals surface area contributed by atoms with E-state index in [1.165, 1.54) is 0 Å².